The minimum Gasteiger partial charge on any atom is -0.790 e. The van der Waals surface area contributed by atoms with Crippen LogP contribution < -0.4 is 127 Å². The van der Waals surface area contributed by atoms with Crippen molar-refractivity contribution in [3.8, 4) is 0 Å². The molecule has 4 aliphatic carbocycles. The summed E-state index contributed by atoms with van der Waals surface area (Å²) in [4.78, 5) is 56.7. The van der Waals surface area contributed by atoms with Gasteiger partial charge < -0.3 is 33.6 Å². The molecular weight excluding hydrogens is 730 g/mol. The quantitative estimate of drug-likeness (QED) is 0.226. The van der Waals surface area contributed by atoms with Crippen LogP contribution in [0.4, 0.5) is 17.6 Å². The average Bonchev–Trinajstić information content (AvgIpc) is 3.86. The summed E-state index contributed by atoms with van der Waals surface area (Å²) in [6.07, 6.45) is 12.2. The summed E-state index contributed by atoms with van der Waals surface area (Å²) in [5, 5.41) is 0. The van der Waals surface area contributed by atoms with Crippen molar-refractivity contribution >= 4 is 31.2 Å². The molecule has 4 heterocycles. The summed E-state index contributed by atoms with van der Waals surface area (Å²) >= 11 is 0. The first-order valence-corrected chi connectivity index (χ1v) is 21.5. The van der Waals surface area contributed by atoms with Gasteiger partial charge in [0.15, 0.2) is 5.78 Å². The van der Waals surface area contributed by atoms with Crippen LogP contribution in [0.25, 0.3) is 0 Å². The van der Waals surface area contributed by atoms with Crippen molar-refractivity contribution in [2.75, 3.05) is 73.6 Å². The molecule has 0 N–H and O–H groups in total. The molecule has 0 aromatic carbocycles. The predicted octanol–water partition coefficient (Wildman–Crippen LogP) is -1.51. The van der Waals surface area contributed by atoms with Gasteiger partial charge in [-0.2, -0.15) is 9.97 Å². The molecule has 1 aromatic heterocycles. The average molecular weight is 789 g/mol. The first-order chi connectivity index (χ1) is 23.9. The van der Waals surface area contributed by atoms with Crippen molar-refractivity contribution in [3.63, 3.8) is 0 Å². The van der Waals surface area contributed by atoms with Crippen molar-refractivity contribution in [1.82, 2.24) is 14.9 Å². The maximum Gasteiger partial charge on any atom is 1.00 e. The van der Waals surface area contributed by atoms with Gasteiger partial charge in [-0.15, -0.1) is 0 Å². The number of rotatable bonds is 8. The second-order valence-corrected chi connectivity index (χ2v) is 18.9. The van der Waals surface area contributed by atoms with E-state index in [9.17, 15) is 19.1 Å². The molecule has 11 nitrogen and oxygen atoms in total. The van der Waals surface area contributed by atoms with E-state index in [1.54, 1.807) is 0 Å². The standard InChI is InChI=1S/C38H61N6O5P.2K/c1-26-22-31-29-9-8-27-23-28(49-50(46,47)48)10-12-37(27,2)30(29)11-13-38(31,3)35(26)32(45)25-41-18-20-43(21-19-41)34-24-33(42-14-4-5-15-42)39-36(40-34)44-16-6-7-17-44;;/h24,26-31,35H,4-23,25H2,1-3H3,(H2,46,47,48);;/q;2*+1/p-2/t26-,27+,28-,29?,30?,31?,35-,37+,38+;;/m1../s1. The van der Waals surface area contributed by atoms with Gasteiger partial charge in [-0.05, 0) is 117 Å². The number of phosphoric ester groups is 1. The zero-order chi connectivity index (χ0) is 34.8. The molecule has 3 saturated heterocycles. The monoisotopic (exact) mass is 788 g/mol. The van der Waals surface area contributed by atoms with Crippen molar-refractivity contribution in [2.24, 2.45) is 46.3 Å². The smallest absolute Gasteiger partial charge is 0.790 e. The molecule has 1 aromatic rings. The van der Waals surface area contributed by atoms with Gasteiger partial charge in [0.2, 0.25) is 5.95 Å². The Morgan fingerprint density at radius 2 is 1.40 bits per heavy atom. The van der Waals surface area contributed by atoms with Gasteiger partial charge in [0.05, 0.1) is 20.5 Å². The minimum absolute atomic E-state index is 0. The molecular formula is C38H59K2N6O5P. The van der Waals surface area contributed by atoms with E-state index in [-0.39, 0.29) is 120 Å². The molecule has 9 atom stereocenters. The molecule has 4 saturated carbocycles. The van der Waals surface area contributed by atoms with E-state index >= 15 is 0 Å². The van der Waals surface area contributed by atoms with Gasteiger partial charge in [0.25, 0.3) is 0 Å². The number of piperazine rings is 1. The first-order valence-electron chi connectivity index (χ1n) is 20.0. The minimum atomic E-state index is -4.97. The molecule has 7 aliphatic rings. The molecule has 0 spiro atoms. The predicted molar refractivity (Wildman–Crippen MR) is 191 cm³/mol. The second kappa shape index (κ2) is 17.4. The number of carbonyl (C=O) groups excluding carboxylic acids is 1. The van der Waals surface area contributed by atoms with Gasteiger partial charge in [-0.1, -0.05) is 20.8 Å². The molecule has 8 rings (SSSR count). The molecule has 3 unspecified atom stereocenters. The van der Waals surface area contributed by atoms with E-state index in [4.69, 9.17) is 14.5 Å². The Hall–Kier alpha value is 1.49. The number of carbonyl (C=O) groups is 1. The Morgan fingerprint density at radius 3 is 2.04 bits per heavy atom. The molecule has 0 radical (unpaired) electrons. The summed E-state index contributed by atoms with van der Waals surface area (Å²) in [5.41, 5.74) is 0.193. The number of nitrogens with zero attached hydrogens (tertiary/aromatic N) is 6. The summed E-state index contributed by atoms with van der Waals surface area (Å²) < 4.78 is 16.3. The summed E-state index contributed by atoms with van der Waals surface area (Å²) in [7, 11) is -4.97. The Labute approximate surface area is 397 Å². The summed E-state index contributed by atoms with van der Waals surface area (Å²) in [5.74, 6) is 6.10. The summed E-state index contributed by atoms with van der Waals surface area (Å²) in [6, 6.07) is 2.20. The van der Waals surface area contributed by atoms with E-state index in [0.717, 1.165) is 108 Å². The van der Waals surface area contributed by atoms with Crippen LogP contribution in [0.3, 0.4) is 0 Å². The molecule has 52 heavy (non-hydrogen) atoms. The van der Waals surface area contributed by atoms with Gasteiger partial charge in [-0.3, -0.25) is 9.69 Å². The number of hydrogen-bond acceptors (Lipinski definition) is 11. The third-order valence-electron chi connectivity index (χ3n) is 15.2. The number of hydrogen-bond donors (Lipinski definition) is 0. The molecule has 278 valence electrons. The van der Waals surface area contributed by atoms with Crippen LogP contribution in [0.2, 0.25) is 0 Å². The first kappa shape index (κ1) is 43.1. The second-order valence-electron chi connectivity index (χ2n) is 17.8. The van der Waals surface area contributed by atoms with E-state index < -0.39 is 13.9 Å². The van der Waals surface area contributed by atoms with Crippen LogP contribution in [-0.2, 0) is 13.9 Å². The van der Waals surface area contributed by atoms with E-state index in [0.29, 0.717) is 54.8 Å². The Kier molecular flexibility index (Phi) is 14.4. The maximum absolute atomic E-state index is 14.3. The van der Waals surface area contributed by atoms with Crippen molar-refractivity contribution in [1.29, 1.82) is 0 Å². The number of Topliss-reactive ketones (excluding diaryl/α,β-unsaturated/α-hetero) is 1. The van der Waals surface area contributed by atoms with Crippen LogP contribution in [0, 0.1) is 46.3 Å². The van der Waals surface area contributed by atoms with Gasteiger partial charge in [0.1, 0.15) is 11.6 Å². The molecule has 0 amide bonds. The number of phosphoric acid groups is 1. The largest absolute Gasteiger partial charge is 1.00 e. The van der Waals surface area contributed by atoms with Gasteiger partial charge >= 0.3 is 103 Å². The molecule has 7 fully saturated rings. The Morgan fingerprint density at radius 1 is 0.808 bits per heavy atom. The number of anilines is 3. The van der Waals surface area contributed by atoms with Crippen molar-refractivity contribution in [2.45, 2.75) is 104 Å². The Bertz CT molecular complexity index is 1430. The third kappa shape index (κ3) is 8.61. The molecule has 3 aliphatic heterocycles. The molecule has 14 heteroatoms. The van der Waals surface area contributed by atoms with Gasteiger partial charge in [-0.25, -0.2) is 0 Å². The fourth-order valence-electron chi connectivity index (χ4n) is 12.7. The van der Waals surface area contributed by atoms with Crippen molar-refractivity contribution < 1.29 is 126 Å². The SMILES string of the molecule is C[C@@H]1CC2C3CC[C@H]4C[C@H](OP(=O)([O-])[O-])CC[C@]4(C)C3CC[C@]2(C)[C@H]1C(=O)CN1CCN(c2cc(N3CCCC3)nc(N3CCCC3)n2)CC1.[K+].[K+]. The molecule has 0 bridgehead atoms. The fourth-order valence-corrected chi connectivity index (χ4v) is 13.3. The van der Waals surface area contributed by atoms with E-state index in [2.05, 4.69) is 46.4 Å². The number of fused-ring (bicyclic) bond motifs is 5. The maximum atomic E-state index is 14.3. The topological polar surface area (TPSA) is 128 Å². The van der Waals surface area contributed by atoms with Crippen LogP contribution in [0.5, 0.6) is 0 Å². The Balaban J connectivity index is 0.00000232. The fraction of sp³-hybridized carbons (Fsp3) is 0.868. The zero-order valence-electron chi connectivity index (χ0n) is 32.6. The van der Waals surface area contributed by atoms with E-state index in [1.807, 2.05) is 0 Å². The van der Waals surface area contributed by atoms with Crippen molar-refractivity contribution in [3.05, 3.63) is 6.07 Å². The zero-order valence-corrected chi connectivity index (χ0v) is 39.8. The van der Waals surface area contributed by atoms with Crippen LogP contribution in [0.1, 0.15) is 97.8 Å². The van der Waals surface area contributed by atoms with Crippen LogP contribution in [0.15, 0.2) is 6.07 Å². The summed E-state index contributed by atoms with van der Waals surface area (Å²) in [6.45, 7) is 15.5. The van der Waals surface area contributed by atoms with Gasteiger partial charge in [0, 0.05) is 64.3 Å². The number of aromatic nitrogens is 2. The normalized spacial score (nSPS) is 37.9. The van der Waals surface area contributed by atoms with E-state index in [1.165, 1.54) is 25.7 Å². The van der Waals surface area contributed by atoms with Crippen LogP contribution in [-0.4, -0.2) is 85.7 Å². The van der Waals surface area contributed by atoms with Crippen LogP contribution >= 0.6 is 7.82 Å². The third-order valence-corrected chi connectivity index (χ3v) is 15.7. The number of ketones is 1.